The Morgan fingerprint density at radius 3 is 2.69 bits per heavy atom. The molecule has 1 aromatic rings. The minimum Gasteiger partial charge on any atom is -0.354 e. The van der Waals surface area contributed by atoms with Crippen LogP contribution in [0.3, 0.4) is 0 Å². The molecule has 16 heavy (non-hydrogen) atoms. The lowest BCUT2D eigenvalue weighted by Gasteiger charge is -2.21. The predicted octanol–water partition coefficient (Wildman–Crippen LogP) is 2.95. The zero-order chi connectivity index (χ0) is 11.4. The molecule has 0 fully saturated rings. The van der Waals surface area contributed by atoms with Crippen molar-refractivity contribution < 1.29 is 0 Å². The number of amidine groups is 1. The van der Waals surface area contributed by atoms with E-state index in [1.807, 2.05) is 0 Å². The smallest absolute Gasteiger partial charge is 0.0995 e. The lowest BCUT2D eigenvalue weighted by atomic mass is 10.1. The van der Waals surface area contributed by atoms with Gasteiger partial charge in [0, 0.05) is 19.5 Å². The molecule has 0 spiro atoms. The van der Waals surface area contributed by atoms with E-state index in [1.165, 1.54) is 11.4 Å². The highest BCUT2D eigenvalue weighted by Gasteiger charge is 2.17. The van der Waals surface area contributed by atoms with Crippen LogP contribution in [0.15, 0.2) is 35.3 Å². The molecule has 2 heteroatoms. The molecular formula is C14H20N2. The number of aliphatic imine (C=N–C) groups is 1. The first-order valence-electron chi connectivity index (χ1n) is 6.08. The highest BCUT2D eigenvalue weighted by molar-refractivity contribution is 5.83. The molecule has 0 saturated heterocycles. The van der Waals surface area contributed by atoms with Gasteiger partial charge in [0.1, 0.15) is 0 Å². The first kappa shape index (κ1) is 11.2. The van der Waals surface area contributed by atoms with Gasteiger partial charge in [-0.15, -0.1) is 0 Å². The summed E-state index contributed by atoms with van der Waals surface area (Å²) >= 11 is 0. The average molecular weight is 216 g/mol. The van der Waals surface area contributed by atoms with Crippen LogP contribution in [0.4, 0.5) is 0 Å². The van der Waals surface area contributed by atoms with Gasteiger partial charge in [-0.3, -0.25) is 4.99 Å². The summed E-state index contributed by atoms with van der Waals surface area (Å²) in [5.74, 6) is 1.98. The van der Waals surface area contributed by atoms with Gasteiger partial charge < -0.3 is 4.90 Å². The SMILES string of the molecule is CC(C)CC1=NCCN1Cc1ccccc1. The molecule has 0 unspecified atom stereocenters. The van der Waals surface area contributed by atoms with E-state index in [4.69, 9.17) is 0 Å². The van der Waals surface area contributed by atoms with Crippen LogP contribution >= 0.6 is 0 Å². The van der Waals surface area contributed by atoms with Gasteiger partial charge in [-0.1, -0.05) is 44.2 Å². The van der Waals surface area contributed by atoms with Gasteiger partial charge in [0.05, 0.1) is 12.4 Å². The molecule has 0 atom stereocenters. The molecule has 86 valence electrons. The molecule has 2 rings (SSSR count). The summed E-state index contributed by atoms with van der Waals surface area (Å²) in [5.41, 5.74) is 1.38. The fourth-order valence-corrected chi connectivity index (χ4v) is 2.06. The Balaban J connectivity index is 1.98. The molecule has 2 nitrogen and oxygen atoms in total. The van der Waals surface area contributed by atoms with Gasteiger partial charge in [0.25, 0.3) is 0 Å². The second-order valence-electron chi connectivity index (χ2n) is 4.80. The van der Waals surface area contributed by atoms with Crippen LogP contribution in [0.1, 0.15) is 25.8 Å². The summed E-state index contributed by atoms with van der Waals surface area (Å²) in [7, 11) is 0. The number of hydrogen-bond acceptors (Lipinski definition) is 2. The van der Waals surface area contributed by atoms with Crippen molar-refractivity contribution in [3.05, 3.63) is 35.9 Å². The molecule has 1 aliphatic heterocycles. The van der Waals surface area contributed by atoms with E-state index < -0.39 is 0 Å². The minimum atomic E-state index is 0.690. The Bertz CT molecular complexity index is 354. The van der Waals surface area contributed by atoms with Gasteiger partial charge in [-0.25, -0.2) is 0 Å². The highest BCUT2D eigenvalue weighted by atomic mass is 15.2. The Labute approximate surface area is 98.0 Å². The fourth-order valence-electron chi connectivity index (χ4n) is 2.06. The van der Waals surface area contributed by atoms with Crippen LogP contribution in [0.25, 0.3) is 0 Å². The van der Waals surface area contributed by atoms with Gasteiger partial charge >= 0.3 is 0 Å². The zero-order valence-corrected chi connectivity index (χ0v) is 10.2. The van der Waals surface area contributed by atoms with E-state index in [0.717, 1.165) is 26.1 Å². The van der Waals surface area contributed by atoms with Crippen molar-refractivity contribution in [3.63, 3.8) is 0 Å². The molecule has 1 aromatic carbocycles. The third-order valence-electron chi connectivity index (χ3n) is 2.84. The largest absolute Gasteiger partial charge is 0.354 e. The maximum Gasteiger partial charge on any atom is 0.0995 e. The first-order chi connectivity index (χ1) is 7.75. The van der Waals surface area contributed by atoms with E-state index in [1.54, 1.807) is 0 Å². The van der Waals surface area contributed by atoms with Gasteiger partial charge in [0.15, 0.2) is 0 Å². The lowest BCUT2D eigenvalue weighted by Crippen LogP contribution is -2.28. The monoisotopic (exact) mass is 216 g/mol. The topological polar surface area (TPSA) is 15.6 Å². The van der Waals surface area contributed by atoms with E-state index in [9.17, 15) is 0 Å². The molecule has 1 aliphatic rings. The van der Waals surface area contributed by atoms with E-state index >= 15 is 0 Å². The number of nitrogens with zero attached hydrogens (tertiary/aromatic N) is 2. The van der Waals surface area contributed by atoms with Gasteiger partial charge in [-0.2, -0.15) is 0 Å². The second-order valence-corrected chi connectivity index (χ2v) is 4.80. The molecule has 0 radical (unpaired) electrons. The minimum absolute atomic E-state index is 0.690. The van der Waals surface area contributed by atoms with Crippen LogP contribution in [-0.2, 0) is 6.54 Å². The van der Waals surface area contributed by atoms with E-state index in [2.05, 4.69) is 54.1 Å². The second kappa shape index (κ2) is 5.15. The van der Waals surface area contributed by atoms with Crippen LogP contribution in [0.5, 0.6) is 0 Å². The third kappa shape index (κ3) is 2.84. The standard InChI is InChI=1S/C14H20N2/c1-12(2)10-14-15-8-9-16(14)11-13-6-4-3-5-7-13/h3-7,12H,8-11H2,1-2H3. The summed E-state index contributed by atoms with van der Waals surface area (Å²) in [6, 6.07) is 10.6. The first-order valence-corrected chi connectivity index (χ1v) is 6.08. The molecule has 0 amide bonds. The summed E-state index contributed by atoms with van der Waals surface area (Å²) in [6.07, 6.45) is 1.10. The zero-order valence-electron chi connectivity index (χ0n) is 10.2. The Morgan fingerprint density at radius 1 is 1.25 bits per heavy atom. The fraction of sp³-hybridized carbons (Fsp3) is 0.500. The average Bonchev–Trinajstić information content (AvgIpc) is 2.66. The number of hydrogen-bond donors (Lipinski definition) is 0. The third-order valence-corrected chi connectivity index (χ3v) is 2.84. The molecule has 0 N–H and O–H groups in total. The van der Waals surface area contributed by atoms with Crippen LogP contribution < -0.4 is 0 Å². The van der Waals surface area contributed by atoms with Crippen molar-refractivity contribution in [2.24, 2.45) is 10.9 Å². The van der Waals surface area contributed by atoms with Crippen molar-refractivity contribution in [2.45, 2.75) is 26.8 Å². The van der Waals surface area contributed by atoms with Gasteiger partial charge in [-0.05, 0) is 11.5 Å². The Hall–Kier alpha value is -1.31. The van der Waals surface area contributed by atoms with Crippen molar-refractivity contribution in [1.82, 2.24) is 4.90 Å². The summed E-state index contributed by atoms with van der Waals surface area (Å²) in [5, 5.41) is 0. The van der Waals surface area contributed by atoms with Crippen molar-refractivity contribution >= 4 is 5.84 Å². The summed E-state index contributed by atoms with van der Waals surface area (Å²) < 4.78 is 0. The molecule has 1 heterocycles. The molecule has 0 saturated carbocycles. The molecule has 0 aromatic heterocycles. The van der Waals surface area contributed by atoms with E-state index in [0.29, 0.717) is 5.92 Å². The van der Waals surface area contributed by atoms with Crippen LogP contribution in [-0.4, -0.2) is 23.8 Å². The molecular weight excluding hydrogens is 196 g/mol. The van der Waals surface area contributed by atoms with Crippen molar-refractivity contribution in [3.8, 4) is 0 Å². The molecule has 0 aliphatic carbocycles. The quantitative estimate of drug-likeness (QED) is 0.755. The Morgan fingerprint density at radius 2 is 2.00 bits per heavy atom. The highest BCUT2D eigenvalue weighted by Crippen LogP contribution is 2.14. The molecule has 0 bridgehead atoms. The lowest BCUT2D eigenvalue weighted by molar-refractivity contribution is 0.435. The van der Waals surface area contributed by atoms with E-state index in [-0.39, 0.29) is 0 Å². The van der Waals surface area contributed by atoms with Crippen LogP contribution in [0, 0.1) is 5.92 Å². The van der Waals surface area contributed by atoms with Gasteiger partial charge in [0.2, 0.25) is 0 Å². The van der Waals surface area contributed by atoms with Crippen molar-refractivity contribution in [1.29, 1.82) is 0 Å². The summed E-state index contributed by atoms with van der Waals surface area (Å²) in [4.78, 5) is 7.01. The number of rotatable bonds is 4. The number of benzene rings is 1. The van der Waals surface area contributed by atoms with Crippen LogP contribution in [0.2, 0.25) is 0 Å². The maximum absolute atomic E-state index is 4.60. The Kier molecular flexibility index (Phi) is 3.60. The predicted molar refractivity (Wildman–Crippen MR) is 68.6 cm³/mol. The summed E-state index contributed by atoms with van der Waals surface area (Å²) in [6.45, 7) is 7.56. The normalized spacial score (nSPS) is 15.7. The maximum atomic E-state index is 4.60. The van der Waals surface area contributed by atoms with Crippen molar-refractivity contribution in [2.75, 3.05) is 13.1 Å².